The zero-order chi connectivity index (χ0) is 17.0. The summed E-state index contributed by atoms with van der Waals surface area (Å²) in [5, 5.41) is 6.56. The molecule has 0 bridgehead atoms. The molecule has 1 fully saturated rings. The fourth-order valence-electron chi connectivity index (χ4n) is 2.34. The normalized spacial score (nSPS) is 16.0. The van der Waals surface area contributed by atoms with Crippen LogP contribution in [-0.2, 0) is 4.74 Å². The molecule has 6 nitrogen and oxygen atoms in total. The van der Waals surface area contributed by atoms with Gasteiger partial charge in [0.25, 0.3) is 0 Å². The molecular weight excluding hydrogens is 372 g/mol. The minimum absolute atomic E-state index is 0.593. The lowest BCUT2D eigenvalue weighted by atomic mass is 10.3. The van der Waals surface area contributed by atoms with Gasteiger partial charge in [0.15, 0.2) is 5.96 Å². The molecule has 2 N–H and O–H groups in total. The number of nitrogens with zero attached hydrogens (tertiary/aromatic N) is 2. The molecule has 24 heavy (non-hydrogen) atoms. The molecule has 0 saturated carbocycles. The lowest BCUT2D eigenvalue weighted by Gasteiger charge is -2.25. The Balaban J connectivity index is 1.65. The number of rotatable bonds is 8. The average Bonchev–Trinajstić information content (AvgIpc) is 2.61. The number of hydrogen-bond acceptors (Lipinski definition) is 4. The Hall–Kier alpha value is -1.31. The highest BCUT2D eigenvalue weighted by molar-refractivity contribution is 9.10. The van der Waals surface area contributed by atoms with Crippen molar-refractivity contribution in [3.05, 3.63) is 28.7 Å². The van der Waals surface area contributed by atoms with Gasteiger partial charge in [0, 0.05) is 30.7 Å². The molecule has 0 radical (unpaired) electrons. The number of guanidine groups is 1. The van der Waals surface area contributed by atoms with Crippen LogP contribution in [0.5, 0.6) is 5.75 Å². The van der Waals surface area contributed by atoms with E-state index in [0.29, 0.717) is 13.2 Å². The molecule has 0 atom stereocenters. The minimum atomic E-state index is 0.593. The van der Waals surface area contributed by atoms with Gasteiger partial charge in [-0.15, -0.1) is 0 Å². The van der Waals surface area contributed by atoms with E-state index in [4.69, 9.17) is 9.47 Å². The summed E-state index contributed by atoms with van der Waals surface area (Å²) in [7, 11) is 0. The van der Waals surface area contributed by atoms with Crippen molar-refractivity contribution >= 4 is 21.9 Å². The fourth-order valence-corrected chi connectivity index (χ4v) is 2.60. The molecule has 0 aliphatic carbocycles. The van der Waals surface area contributed by atoms with Gasteiger partial charge in [-0.05, 0) is 31.2 Å². The highest BCUT2D eigenvalue weighted by Crippen LogP contribution is 2.15. The van der Waals surface area contributed by atoms with Crippen molar-refractivity contribution in [1.82, 2.24) is 15.5 Å². The number of ether oxygens (including phenoxy) is 2. The third-order valence-corrected chi connectivity index (χ3v) is 4.14. The Bertz CT molecular complexity index is 490. The first-order valence-electron chi connectivity index (χ1n) is 8.48. The monoisotopic (exact) mass is 398 g/mol. The number of benzene rings is 1. The van der Waals surface area contributed by atoms with Crippen LogP contribution in [-0.4, -0.2) is 69.9 Å². The van der Waals surface area contributed by atoms with Gasteiger partial charge < -0.3 is 20.1 Å². The van der Waals surface area contributed by atoms with E-state index < -0.39 is 0 Å². The molecule has 1 aliphatic rings. The maximum Gasteiger partial charge on any atom is 0.191 e. The van der Waals surface area contributed by atoms with Crippen LogP contribution in [0.4, 0.5) is 0 Å². The van der Waals surface area contributed by atoms with Crippen molar-refractivity contribution in [2.45, 2.75) is 6.92 Å². The Kier molecular flexibility index (Phi) is 8.94. The first-order chi connectivity index (χ1) is 11.8. The summed E-state index contributed by atoms with van der Waals surface area (Å²) in [4.78, 5) is 7.00. The molecule has 2 rings (SSSR count). The van der Waals surface area contributed by atoms with Crippen LogP contribution in [0.15, 0.2) is 33.7 Å². The Morgan fingerprint density at radius 1 is 1.25 bits per heavy atom. The SMILES string of the molecule is CCNC(=NCCN1CCOCC1)NCCOc1ccc(Br)cc1. The molecule has 134 valence electrons. The van der Waals surface area contributed by atoms with Gasteiger partial charge in [-0.25, -0.2) is 0 Å². The van der Waals surface area contributed by atoms with Crippen LogP contribution in [0, 0.1) is 0 Å². The average molecular weight is 399 g/mol. The number of aliphatic imine (C=N–C) groups is 1. The van der Waals surface area contributed by atoms with Crippen molar-refractivity contribution in [3.8, 4) is 5.75 Å². The lowest BCUT2D eigenvalue weighted by molar-refractivity contribution is 0.0394. The second-order valence-corrected chi connectivity index (χ2v) is 6.36. The molecule has 1 aromatic rings. The number of hydrogen-bond donors (Lipinski definition) is 2. The molecule has 0 spiro atoms. The molecule has 0 amide bonds. The summed E-state index contributed by atoms with van der Waals surface area (Å²) in [6.07, 6.45) is 0. The summed E-state index contributed by atoms with van der Waals surface area (Å²) in [5.74, 6) is 1.71. The standard InChI is InChI=1S/C17H27BrN4O2/c1-2-19-17(20-7-9-22-10-13-23-14-11-22)21-8-12-24-16-5-3-15(18)4-6-16/h3-6H,2,7-14H2,1H3,(H2,19,20,21). The summed E-state index contributed by atoms with van der Waals surface area (Å²) in [6, 6.07) is 7.84. The second kappa shape index (κ2) is 11.3. The van der Waals surface area contributed by atoms with E-state index in [9.17, 15) is 0 Å². The maximum absolute atomic E-state index is 5.70. The van der Waals surface area contributed by atoms with Gasteiger partial charge in [0.05, 0.1) is 26.3 Å². The third-order valence-electron chi connectivity index (χ3n) is 3.61. The number of morpholine rings is 1. The predicted molar refractivity (Wildman–Crippen MR) is 101 cm³/mol. The highest BCUT2D eigenvalue weighted by atomic mass is 79.9. The van der Waals surface area contributed by atoms with Gasteiger partial charge in [-0.3, -0.25) is 9.89 Å². The molecule has 0 aromatic heterocycles. The second-order valence-electron chi connectivity index (χ2n) is 5.44. The first-order valence-corrected chi connectivity index (χ1v) is 9.28. The first kappa shape index (κ1) is 19.0. The lowest BCUT2D eigenvalue weighted by Crippen LogP contribution is -2.41. The fraction of sp³-hybridized carbons (Fsp3) is 0.588. The quantitative estimate of drug-likeness (QED) is 0.396. The predicted octanol–water partition coefficient (Wildman–Crippen LogP) is 1.72. The molecule has 1 aromatic carbocycles. The molecule has 1 saturated heterocycles. The van der Waals surface area contributed by atoms with Crippen molar-refractivity contribution in [2.75, 3.05) is 59.1 Å². The van der Waals surface area contributed by atoms with E-state index in [1.54, 1.807) is 0 Å². The minimum Gasteiger partial charge on any atom is -0.492 e. The third kappa shape index (κ3) is 7.51. The number of halogens is 1. The maximum atomic E-state index is 5.70. The van der Waals surface area contributed by atoms with E-state index >= 15 is 0 Å². The van der Waals surface area contributed by atoms with E-state index in [1.165, 1.54) is 0 Å². The van der Waals surface area contributed by atoms with Gasteiger partial charge in [0.2, 0.25) is 0 Å². The summed E-state index contributed by atoms with van der Waals surface area (Å²) in [6.45, 7) is 9.62. The van der Waals surface area contributed by atoms with Crippen molar-refractivity contribution in [1.29, 1.82) is 0 Å². The zero-order valence-corrected chi connectivity index (χ0v) is 15.8. The number of nitrogens with one attached hydrogen (secondary N) is 2. The largest absolute Gasteiger partial charge is 0.492 e. The van der Waals surface area contributed by atoms with Gasteiger partial charge in [0.1, 0.15) is 12.4 Å². The van der Waals surface area contributed by atoms with Crippen molar-refractivity contribution < 1.29 is 9.47 Å². The van der Waals surface area contributed by atoms with Gasteiger partial charge in [-0.2, -0.15) is 0 Å². The molecular formula is C17H27BrN4O2. The molecule has 0 unspecified atom stereocenters. The van der Waals surface area contributed by atoms with Crippen LogP contribution in [0.3, 0.4) is 0 Å². The van der Waals surface area contributed by atoms with Crippen molar-refractivity contribution in [2.24, 2.45) is 4.99 Å². The summed E-state index contributed by atoms with van der Waals surface area (Å²) in [5.41, 5.74) is 0. The van der Waals surface area contributed by atoms with E-state index in [2.05, 4.69) is 43.4 Å². The highest BCUT2D eigenvalue weighted by Gasteiger charge is 2.09. The molecule has 1 heterocycles. The molecule has 7 heteroatoms. The summed E-state index contributed by atoms with van der Waals surface area (Å²) >= 11 is 3.41. The Morgan fingerprint density at radius 3 is 2.71 bits per heavy atom. The zero-order valence-electron chi connectivity index (χ0n) is 14.3. The van der Waals surface area contributed by atoms with Crippen LogP contribution >= 0.6 is 15.9 Å². The Morgan fingerprint density at radius 2 is 2.00 bits per heavy atom. The smallest absolute Gasteiger partial charge is 0.191 e. The van der Waals surface area contributed by atoms with E-state index in [1.807, 2.05) is 24.3 Å². The van der Waals surface area contributed by atoms with Crippen LogP contribution in [0.2, 0.25) is 0 Å². The van der Waals surface area contributed by atoms with Crippen LogP contribution in [0.1, 0.15) is 6.92 Å². The van der Waals surface area contributed by atoms with Gasteiger partial charge >= 0.3 is 0 Å². The van der Waals surface area contributed by atoms with Crippen LogP contribution < -0.4 is 15.4 Å². The summed E-state index contributed by atoms with van der Waals surface area (Å²) < 4.78 is 12.1. The van der Waals surface area contributed by atoms with E-state index in [-0.39, 0.29) is 0 Å². The van der Waals surface area contributed by atoms with E-state index in [0.717, 1.165) is 62.1 Å². The van der Waals surface area contributed by atoms with Gasteiger partial charge in [-0.1, -0.05) is 15.9 Å². The Labute approximate surface area is 152 Å². The topological polar surface area (TPSA) is 58.1 Å². The van der Waals surface area contributed by atoms with Crippen molar-refractivity contribution in [3.63, 3.8) is 0 Å². The van der Waals surface area contributed by atoms with Crippen LogP contribution in [0.25, 0.3) is 0 Å². The molecule has 1 aliphatic heterocycles.